The highest BCUT2D eigenvalue weighted by atomic mass is 127. The van der Waals surface area contributed by atoms with Gasteiger partial charge in [0.1, 0.15) is 11.5 Å². The number of halogens is 9. The molecule has 3 N–H and O–H groups in total. The Bertz CT molecular complexity index is 2580. The fourth-order valence-corrected chi connectivity index (χ4v) is 5.62. The molecule has 4 amide bonds. The lowest BCUT2D eigenvalue weighted by Crippen LogP contribution is -2.39. The predicted octanol–water partition coefficient (Wildman–Crippen LogP) is 6.79. The van der Waals surface area contributed by atoms with Gasteiger partial charge in [-0.3, -0.25) is 19.2 Å². The minimum absolute atomic E-state index is 0. The molecule has 4 aromatic carbocycles. The van der Waals surface area contributed by atoms with E-state index >= 15 is 0 Å². The fraction of sp³-hybridized carbons (Fsp3) is 0.211. The molecule has 0 spiro atoms. The van der Waals surface area contributed by atoms with Crippen molar-refractivity contribution in [2.75, 3.05) is 25.1 Å². The number of hydrogen-bond donors (Lipinski definition) is 3. The first kappa shape index (κ1) is 55.6. The molecular formula is C38H37Cl2F6IN6O10S2. The van der Waals surface area contributed by atoms with Crippen LogP contribution >= 0.6 is 45.8 Å². The van der Waals surface area contributed by atoms with Gasteiger partial charge in [0.05, 0.1) is 11.4 Å². The summed E-state index contributed by atoms with van der Waals surface area (Å²) < 4.78 is 128. The molecule has 0 aromatic heterocycles. The van der Waals surface area contributed by atoms with E-state index in [1.807, 2.05) is 4.93 Å². The van der Waals surface area contributed by atoms with Crippen LogP contribution in [0.4, 0.5) is 26.3 Å². The van der Waals surface area contributed by atoms with Crippen LogP contribution in [0, 0.1) is 0 Å². The van der Waals surface area contributed by atoms with Crippen molar-refractivity contribution in [3.8, 4) is 11.5 Å². The van der Waals surface area contributed by atoms with Gasteiger partial charge in [-0.05, 0) is 91.6 Å². The highest BCUT2D eigenvalue weighted by Crippen LogP contribution is 2.29. The third kappa shape index (κ3) is 16.8. The molecule has 16 nitrogen and oxygen atoms in total. The lowest BCUT2D eigenvalue weighted by atomic mass is 10.0. The Labute approximate surface area is 393 Å². The molecule has 0 atom stereocenters. The largest absolute Gasteiger partial charge is 0.534 e. The minimum Gasteiger partial charge on any atom is -0.376 e. The van der Waals surface area contributed by atoms with Crippen LogP contribution in [0.5, 0.6) is 11.5 Å². The maximum absolute atomic E-state index is 12.5. The molecular weight excluding hydrogens is 1080 g/mol. The van der Waals surface area contributed by atoms with Crippen LogP contribution in [-0.2, 0) is 39.4 Å². The second-order valence-corrected chi connectivity index (χ2v) is 15.9. The van der Waals surface area contributed by atoms with Crippen LogP contribution in [0.15, 0.2) is 107 Å². The molecule has 0 aliphatic rings. The molecule has 4 rings (SSSR count). The Morgan fingerprint density at radius 1 is 0.600 bits per heavy atom. The molecule has 0 heterocycles. The molecule has 27 heteroatoms. The van der Waals surface area contributed by atoms with E-state index in [2.05, 4.69) is 57.2 Å². The zero-order valence-electron chi connectivity index (χ0n) is 33.8. The minimum atomic E-state index is -5.83. The van der Waals surface area contributed by atoms with Gasteiger partial charge in [-0.25, -0.2) is 10.4 Å². The topological polar surface area (TPSA) is 219 Å². The van der Waals surface area contributed by atoms with E-state index in [0.29, 0.717) is 26.7 Å². The summed E-state index contributed by atoms with van der Waals surface area (Å²) >= 11 is 13.9. The lowest BCUT2D eigenvalue weighted by Gasteiger charge is -2.15. The summed E-state index contributed by atoms with van der Waals surface area (Å²) in [5.74, 6) is -4.94. The van der Waals surface area contributed by atoms with E-state index in [4.69, 9.17) is 23.2 Å². The monoisotopic (exact) mass is 1110 g/mol. The van der Waals surface area contributed by atoms with Gasteiger partial charge in [-0.15, -0.1) is 0 Å². The van der Waals surface area contributed by atoms with Crippen LogP contribution < -0.4 is 24.4 Å². The fourth-order valence-electron chi connectivity index (χ4n) is 4.45. The normalized spacial score (nSPS) is 12.0. The molecule has 354 valence electrons. The maximum atomic E-state index is 12.5. The summed E-state index contributed by atoms with van der Waals surface area (Å²) in [6.07, 6.45) is 0. The van der Waals surface area contributed by atoms with Gasteiger partial charge in [0.2, 0.25) is 0 Å². The molecule has 4 aromatic rings. The molecule has 0 saturated carbocycles. The van der Waals surface area contributed by atoms with Crippen LogP contribution in [0.25, 0.3) is 0 Å². The number of amides is 4. The van der Waals surface area contributed by atoms with Crippen molar-refractivity contribution in [2.45, 2.75) is 24.9 Å². The summed E-state index contributed by atoms with van der Waals surface area (Å²) in [6, 6.07) is 21.3. The third-order valence-electron chi connectivity index (χ3n) is 7.36. The number of nitrogens with one attached hydrogen (secondary N) is 3. The van der Waals surface area contributed by atoms with E-state index in [-0.39, 0.29) is 31.5 Å². The number of rotatable bonds is 12. The number of hydrogen-bond acceptors (Lipinski definition) is 12. The van der Waals surface area contributed by atoms with Crippen LogP contribution in [-0.4, -0.2) is 93.0 Å². The standard InChI is InChI=1S/C19H17ClF3N3O5S.C18H15ClF3N3O5S.CH3I.H2/c1-3-24-17(27)18(28)26(2)25-16(12-4-8-14(20)9-5-12)13-6-10-15(11-7-13)31-32(29,30)19(21,22)23;1-2-23-16(26)17(27)25-24-15(11-3-7-13(19)8-4-11)12-5-9-14(10-6-12)30-31(28,29)18(20,21)22;1-2;/h4-11H,3H2,1-2H3,(H,24,27);3-10H,2H2,1H3,(H,23,26)(H,25,27);1H3;1H/b25-16-;24-15-;;. The van der Waals surface area contributed by atoms with E-state index < -0.39 is 66.4 Å². The highest BCUT2D eigenvalue weighted by molar-refractivity contribution is 14.1. The van der Waals surface area contributed by atoms with Crippen molar-refractivity contribution in [2.24, 2.45) is 10.2 Å². The van der Waals surface area contributed by atoms with E-state index in [1.165, 1.54) is 43.4 Å². The Hall–Kier alpha value is -5.51. The number of carbonyl (C=O) groups excluding carboxylic acids is 4. The number of alkyl halides is 7. The van der Waals surface area contributed by atoms with Crippen molar-refractivity contribution in [1.82, 2.24) is 21.1 Å². The maximum Gasteiger partial charge on any atom is 0.534 e. The van der Waals surface area contributed by atoms with Gasteiger partial charge in [-0.1, -0.05) is 70.1 Å². The molecule has 0 unspecified atom stereocenters. The number of hydrazone groups is 2. The Kier molecular flexibility index (Phi) is 21.1. The van der Waals surface area contributed by atoms with Crippen LogP contribution in [0.3, 0.4) is 0 Å². The van der Waals surface area contributed by atoms with E-state index in [1.54, 1.807) is 50.2 Å². The molecule has 0 fully saturated rings. The Morgan fingerprint density at radius 2 is 0.923 bits per heavy atom. The number of likely N-dealkylation sites (N-methyl/N-ethyl adjacent to an activating group) is 3. The third-order valence-corrected chi connectivity index (χ3v) is 9.82. The van der Waals surface area contributed by atoms with Crippen molar-refractivity contribution in [3.63, 3.8) is 0 Å². The first-order valence-corrected chi connectivity index (χ1v) is 23.5. The summed E-state index contributed by atoms with van der Waals surface area (Å²) in [5.41, 5.74) is -7.33. The molecule has 0 bridgehead atoms. The molecule has 0 aliphatic carbocycles. The highest BCUT2D eigenvalue weighted by Gasteiger charge is 2.49. The predicted molar refractivity (Wildman–Crippen MR) is 239 cm³/mol. The number of nitrogens with zero attached hydrogens (tertiary/aromatic N) is 3. The van der Waals surface area contributed by atoms with Crippen molar-refractivity contribution >= 4 is 101 Å². The summed E-state index contributed by atoms with van der Waals surface area (Å²) in [7, 11) is -10.4. The van der Waals surface area contributed by atoms with Gasteiger partial charge in [0, 0.05) is 53.9 Å². The second kappa shape index (κ2) is 24.7. The summed E-state index contributed by atoms with van der Waals surface area (Å²) in [6.45, 7) is 3.71. The first-order chi connectivity index (χ1) is 30.3. The van der Waals surface area contributed by atoms with Crippen molar-refractivity contribution < 1.29 is 72.1 Å². The van der Waals surface area contributed by atoms with Gasteiger partial charge >= 0.3 is 54.9 Å². The van der Waals surface area contributed by atoms with Gasteiger partial charge in [0.25, 0.3) is 0 Å². The van der Waals surface area contributed by atoms with Crippen molar-refractivity contribution in [3.05, 3.63) is 129 Å². The zero-order valence-corrected chi connectivity index (χ0v) is 39.1. The molecule has 0 saturated heterocycles. The quantitative estimate of drug-likeness (QED) is 0.0197. The van der Waals surface area contributed by atoms with Crippen LogP contribution in [0.2, 0.25) is 10.0 Å². The average Bonchev–Trinajstić information content (AvgIpc) is 3.24. The average molecular weight is 1110 g/mol. The first-order valence-electron chi connectivity index (χ1n) is 17.7. The Balaban J connectivity index is 0.000000627. The van der Waals surface area contributed by atoms with E-state index in [9.17, 15) is 62.4 Å². The molecule has 65 heavy (non-hydrogen) atoms. The van der Waals surface area contributed by atoms with Gasteiger partial charge < -0.3 is 19.0 Å². The molecule has 0 aliphatic heterocycles. The zero-order chi connectivity index (χ0) is 49.3. The second-order valence-electron chi connectivity index (χ2n) is 11.9. The molecule has 0 radical (unpaired) electrons. The number of benzene rings is 4. The summed E-state index contributed by atoms with van der Waals surface area (Å²) in [4.78, 5) is 49.3. The number of carbonyl (C=O) groups is 4. The van der Waals surface area contributed by atoms with Crippen LogP contribution in [0.1, 0.15) is 37.5 Å². The Morgan fingerprint density at radius 3 is 1.26 bits per heavy atom. The van der Waals surface area contributed by atoms with Gasteiger partial charge in [-0.2, -0.15) is 53.4 Å². The SMILES string of the molecule is CCNC(=O)C(=O)N(C)/N=C(/c1ccc(Cl)cc1)c1ccc(OS(=O)(=O)C(F)(F)F)cc1.CCNC(=O)C(=O)N/N=C(/c1ccc(Cl)cc1)c1ccc(OS(=O)(=O)C(F)(F)F)cc1.CI.[HH]. The lowest BCUT2D eigenvalue weighted by molar-refractivity contribution is -0.144. The van der Waals surface area contributed by atoms with E-state index in [0.717, 1.165) is 29.3 Å². The smallest absolute Gasteiger partial charge is 0.376 e. The van der Waals surface area contributed by atoms with Crippen molar-refractivity contribution in [1.29, 1.82) is 0 Å². The van der Waals surface area contributed by atoms with Gasteiger partial charge in [0.15, 0.2) is 0 Å². The summed E-state index contributed by atoms with van der Waals surface area (Å²) in [5, 5.41) is 14.3.